The Balaban J connectivity index is 2.00. The minimum Gasteiger partial charge on any atom is -0.480 e. The predicted octanol–water partition coefficient (Wildman–Crippen LogP) is 3.04. The van der Waals surface area contributed by atoms with Gasteiger partial charge in [-0.15, -0.1) is 0 Å². The molecular formula is C17H26N2O3. The van der Waals surface area contributed by atoms with Gasteiger partial charge in [0.25, 0.3) is 5.91 Å². The number of rotatable bonds is 5. The number of carbonyl (C=O) groups is 1. The van der Waals surface area contributed by atoms with E-state index in [-0.39, 0.29) is 12.0 Å². The van der Waals surface area contributed by atoms with Gasteiger partial charge in [-0.3, -0.25) is 4.79 Å². The molecule has 0 saturated heterocycles. The van der Waals surface area contributed by atoms with Crippen molar-refractivity contribution in [3.8, 4) is 5.88 Å². The molecule has 1 saturated carbocycles. The quantitative estimate of drug-likeness (QED) is 0.839. The molecule has 122 valence electrons. The van der Waals surface area contributed by atoms with Crippen LogP contribution in [0.25, 0.3) is 0 Å². The van der Waals surface area contributed by atoms with Gasteiger partial charge in [-0.05, 0) is 37.8 Å². The molecule has 1 aliphatic rings. The number of pyridine rings is 1. The molecule has 5 heteroatoms. The summed E-state index contributed by atoms with van der Waals surface area (Å²) in [6.45, 7) is 4.07. The summed E-state index contributed by atoms with van der Waals surface area (Å²) in [4.78, 5) is 18.3. The second-order valence-corrected chi connectivity index (χ2v) is 6.10. The Morgan fingerprint density at radius 2 is 2.23 bits per heavy atom. The summed E-state index contributed by atoms with van der Waals surface area (Å²) in [5, 5.41) is 0. The Hall–Kier alpha value is -1.62. The van der Waals surface area contributed by atoms with Crippen LogP contribution in [0.3, 0.4) is 0 Å². The Morgan fingerprint density at radius 1 is 1.45 bits per heavy atom. The van der Waals surface area contributed by atoms with Crippen LogP contribution in [-0.2, 0) is 9.53 Å². The smallest absolute Gasteiger partial charge is 0.255 e. The highest BCUT2D eigenvalue weighted by Crippen LogP contribution is 2.28. The van der Waals surface area contributed by atoms with Crippen molar-refractivity contribution in [2.75, 3.05) is 19.1 Å². The normalized spacial score (nSPS) is 22.9. The number of methoxy groups -OCH3 is 1. The molecule has 0 spiro atoms. The number of likely N-dealkylation sites (N-methyl/N-ethyl adjacent to an activating group) is 1. The number of hydrogen-bond donors (Lipinski definition) is 0. The van der Waals surface area contributed by atoms with Crippen molar-refractivity contribution in [1.82, 2.24) is 4.98 Å². The molecular weight excluding hydrogens is 280 g/mol. The number of nitrogens with zero attached hydrogens (tertiary/aromatic N) is 2. The van der Waals surface area contributed by atoms with Gasteiger partial charge in [0, 0.05) is 13.2 Å². The maximum atomic E-state index is 12.6. The first-order valence-electron chi connectivity index (χ1n) is 7.95. The summed E-state index contributed by atoms with van der Waals surface area (Å²) in [7, 11) is 3.28. The summed E-state index contributed by atoms with van der Waals surface area (Å²) in [5.41, 5.74) is 0.655. The first kappa shape index (κ1) is 16.7. The lowest BCUT2D eigenvalue weighted by molar-refractivity contribution is -0.134. The summed E-state index contributed by atoms with van der Waals surface area (Å²) < 4.78 is 11.2. The summed E-state index contributed by atoms with van der Waals surface area (Å²) >= 11 is 0. The van der Waals surface area contributed by atoms with Gasteiger partial charge in [-0.1, -0.05) is 19.8 Å². The number of aromatic nitrogens is 1. The van der Waals surface area contributed by atoms with Crippen molar-refractivity contribution >= 4 is 11.6 Å². The molecule has 1 amide bonds. The first-order chi connectivity index (χ1) is 10.5. The van der Waals surface area contributed by atoms with Gasteiger partial charge in [0.2, 0.25) is 5.88 Å². The van der Waals surface area contributed by atoms with Crippen molar-refractivity contribution in [2.45, 2.75) is 51.7 Å². The highest BCUT2D eigenvalue weighted by Gasteiger charge is 2.27. The maximum Gasteiger partial charge on any atom is 0.255 e. The SMILES string of the molecule is COc1ncccc1N(C)C(=O)[C@H](C)O[C@H]1CCC[C@@H](C)C1. The third-order valence-corrected chi connectivity index (χ3v) is 4.27. The average Bonchev–Trinajstić information content (AvgIpc) is 2.53. The van der Waals surface area contributed by atoms with E-state index in [1.54, 1.807) is 31.3 Å². The van der Waals surface area contributed by atoms with E-state index in [9.17, 15) is 4.79 Å². The Kier molecular flexibility index (Phi) is 5.77. The molecule has 0 radical (unpaired) electrons. The van der Waals surface area contributed by atoms with Gasteiger partial charge in [-0.2, -0.15) is 0 Å². The predicted molar refractivity (Wildman–Crippen MR) is 86.2 cm³/mol. The molecule has 1 fully saturated rings. The molecule has 0 aliphatic heterocycles. The van der Waals surface area contributed by atoms with Crippen LogP contribution in [-0.4, -0.2) is 37.3 Å². The first-order valence-corrected chi connectivity index (χ1v) is 7.95. The molecule has 0 bridgehead atoms. The van der Waals surface area contributed by atoms with E-state index in [1.165, 1.54) is 12.8 Å². The van der Waals surface area contributed by atoms with E-state index in [2.05, 4.69) is 11.9 Å². The highest BCUT2D eigenvalue weighted by molar-refractivity contribution is 5.96. The Bertz CT molecular complexity index is 506. The van der Waals surface area contributed by atoms with Crippen LogP contribution in [0, 0.1) is 5.92 Å². The van der Waals surface area contributed by atoms with Crippen LogP contribution in [0.15, 0.2) is 18.3 Å². The minimum absolute atomic E-state index is 0.0791. The van der Waals surface area contributed by atoms with Crippen LogP contribution >= 0.6 is 0 Å². The third kappa shape index (κ3) is 3.97. The van der Waals surface area contributed by atoms with Crippen molar-refractivity contribution in [1.29, 1.82) is 0 Å². The largest absolute Gasteiger partial charge is 0.480 e. The van der Waals surface area contributed by atoms with E-state index < -0.39 is 6.10 Å². The van der Waals surface area contributed by atoms with Gasteiger partial charge in [0.15, 0.2) is 0 Å². The van der Waals surface area contributed by atoms with Crippen LogP contribution in [0.1, 0.15) is 39.5 Å². The zero-order valence-corrected chi connectivity index (χ0v) is 13.9. The summed E-state index contributed by atoms with van der Waals surface area (Å²) in [5.74, 6) is 1.04. The fraction of sp³-hybridized carbons (Fsp3) is 0.647. The average molecular weight is 306 g/mol. The van der Waals surface area contributed by atoms with Gasteiger partial charge in [0.05, 0.1) is 13.2 Å². The third-order valence-electron chi connectivity index (χ3n) is 4.27. The van der Waals surface area contributed by atoms with E-state index in [0.29, 0.717) is 17.5 Å². The zero-order valence-electron chi connectivity index (χ0n) is 13.9. The highest BCUT2D eigenvalue weighted by atomic mass is 16.5. The van der Waals surface area contributed by atoms with Crippen LogP contribution in [0.4, 0.5) is 5.69 Å². The molecule has 0 unspecified atom stereocenters. The van der Waals surface area contributed by atoms with Crippen molar-refractivity contribution < 1.29 is 14.3 Å². The van der Waals surface area contributed by atoms with Gasteiger partial charge in [0.1, 0.15) is 11.8 Å². The molecule has 1 aromatic rings. The summed E-state index contributed by atoms with van der Waals surface area (Å²) in [6, 6.07) is 3.61. The van der Waals surface area contributed by atoms with E-state index in [0.717, 1.165) is 12.8 Å². The lowest BCUT2D eigenvalue weighted by Gasteiger charge is -2.30. The van der Waals surface area contributed by atoms with Gasteiger partial charge >= 0.3 is 0 Å². The van der Waals surface area contributed by atoms with Crippen LogP contribution in [0.2, 0.25) is 0 Å². The molecule has 5 nitrogen and oxygen atoms in total. The Labute approximate surface area is 132 Å². The second-order valence-electron chi connectivity index (χ2n) is 6.10. The fourth-order valence-electron chi connectivity index (χ4n) is 3.04. The minimum atomic E-state index is -0.467. The van der Waals surface area contributed by atoms with Crippen LogP contribution in [0.5, 0.6) is 5.88 Å². The molecule has 0 N–H and O–H groups in total. The molecule has 0 aromatic carbocycles. The molecule has 22 heavy (non-hydrogen) atoms. The number of carbonyl (C=O) groups excluding carboxylic acids is 1. The van der Waals surface area contributed by atoms with E-state index >= 15 is 0 Å². The van der Waals surface area contributed by atoms with E-state index in [4.69, 9.17) is 9.47 Å². The molecule has 3 atom stereocenters. The number of ether oxygens (including phenoxy) is 2. The van der Waals surface area contributed by atoms with Crippen molar-refractivity contribution in [2.24, 2.45) is 5.92 Å². The monoisotopic (exact) mass is 306 g/mol. The topological polar surface area (TPSA) is 51.7 Å². The maximum absolute atomic E-state index is 12.6. The van der Waals surface area contributed by atoms with Crippen molar-refractivity contribution in [3.05, 3.63) is 18.3 Å². The van der Waals surface area contributed by atoms with Crippen molar-refractivity contribution in [3.63, 3.8) is 0 Å². The summed E-state index contributed by atoms with van der Waals surface area (Å²) in [6.07, 6.45) is 5.88. The molecule has 2 rings (SSSR count). The molecule has 1 aliphatic carbocycles. The molecule has 1 heterocycles. The fourth-order valence-corrected chi connectivity index (χ4v) is 3.04. The number of hydrogen-bond acceptors (Lipinski definition) is 4. The lowest BCUT2D eigenvalue weighted by Crippen LogP contribution is -2.39. The van der Waals surface area contributed by atoms with E-state index in [1.807, 2.05) is 13.0 Å². The molecule has 1 aromatic heterocycles. The second kappa shape index (κ2) is 7.58. The zero-order chi connectivity index (χ0) is 16.1. The standard InChI is InChI=1S/C17H26N2O3/c1-12-7-5-8-14(11-12)22-13(2)17(20)19(3)15-9-6-10-18-16(15)21-4/h6,9-10,12-14H,5,7-8,11H2,1-4H3/t12-,13+,14+/m1/s1. The number of amides is 1. The number of anilines is 1. The lowest BCUT2D eigenvalue weighted by atomic mass is 9.88. The Morgan fingerprint density at radius 3 is 2.91 bits per heavy atom. The van der Waals surface area contributed by atoms with Gasteiger partial charge in [-0.25, -0.2) is 4.98 Å². The van der Waals surface area contributed by atoms with Gasteiger partial charge < -0.3 is 14.4 Å². The van der Waals surface area contributed by atoms with Crippen LogP contribution < -0.4 is 9.64 Å².